The Labute approximate surface area is 203 Å². The van der Waals surface area contributed by atoms with Gasteiger partial charge in [-0.3, -0.25) is 10.2 Å². The van der Waals surface area contributed by atoms with Gasteiger partial charge < -0.3 is 19.1 Å². The second-order valence-electron chi connectivity index (χ2n) is 10.2. The number of nitriles is 1. The van der Waals surface area contributed by atoms with Crippen LogP contribution in [0.15, 0.2) is 12.1 Å². The van der Waals surface area contributed by atoms with Crippen LogP contribution in [0.25, 0.3) is 0 Å². The average Bonchev–Trinajstić information content (AvgIpc) is 2.85. The first-order valence-corrected chi connectivity index (χ1v) is 12.5. The Morgan fingerprint density at radius 2 is 1.94 bits per heavy atom. The van der Waals surface area contributed by atoms with Crippen LogP contribution >= 0.6 is 0 Å². The van der Waals surface area contributed by atoms with Crippen LogP contribution in [0.1, 0.15) is 43.9 Å². The molecule has 0 saturated carbocycles. The third-order valence-electron chi connectivity index (χ3n) is 7.56. The number of benzene rings is 1. The molecule has 8 heteroatoms. The number of carbonyl (C=O) groups excluding carboxylic acids is 1. The molecule has 34 heavy (non-hydrogen) atoms. The number of methoxy groups -OCH3 is 2. The van der Waals surface area contributed by atoms with Crippen molar-refractivity contribution in [3.63, 3.8) is 0 Å². The molecular formula is C26H38N4O4. The van der Waals surface area contributed by atoms with Crippen molar-refractivity contribution in [3.05, 3.63) is 23.3 Å². The molecule has 2 fully saturated rings. The second kappa shape index (κ2) is 10.8. The molecule has 0 bridgehead atoms. The van der Waals surface area contributed by atoms with Gasteiger partial charge in [-0.25, -0.2) is 4.79 Å². The fraction of sp³-hybridized carbons (Fsp3) is 0.692. The molecule has 0 aromatic heterocycles. The first kappa shape index (κ1) is 24.6. The Balaban J connectivity index is 1.50. The third kappa shape index (κ3) is 5.26. The lowest BCUT2D eigenvalue weighted by Gasteiger charge is -2.47. The van der Waals surface area contributed by atoms with Crippen LogP contribution in [0.3, 0.4) is 0 Å². The SMILES string of the molecule is COc1cc2c(cc1OC)[C@H]1C[C@@H](COC(=O)N3CCN[C@H](C#N)C3)[C@H](CC(C)C)CN1CC2. The summed E-state index contributed by atoms with van der Waals surface area (Å²) in [5.41, 5.74) is 2.63. The molecule has 186 valence electrons. The number of nitrogens with zero attached hydrogens (tertiary/aromatic N) is 3. The predicted molar refractivity (Wildman–Crippen MR) is 129 cm³/mol. The number of carbonyl (C=O) groups is 1. The summed E-state index contributed by atoms with van der Waals surface area (Å²) < 4.78 is 17.0. The Kier molecular flexibility index (Phi) is 7.84. The number of fused-ring (bicyclic) bond motifs is 3. The fourth-order valence-corrected chi connectivity index (χ4v) is 5.85. The highest BCUT2D eigenvalue weighted by Crippen LogP contribution is 2.45. The molecule has 3 heterocycles. The van der Waals surface area contributed by atoms with Crippen LogP contribution in [0.5, 0.6) is 11.5 Å². The molecule has 4 atom stereocenters. The smallest absolute Gasteiger partial charge is 0.409 e. The van der Waals surface area contributed by atoms with Crippen molar-refractivity contribution in [2.24, 2.45) is 17.8 Å². The zero-order chi connectivity index (χ0) is 24.2. The maximum absolute atomic E-state index is 12.8. The minimum atomic E-state index is -0.330. The number of rotatable bonds is 6. The van der Waals surface area contributed by atoms with Gasteiger partial charge in [-0.05, 0) is 60.3 Å². The minimum Gasteiger partial charge on any atom is -0.493 e. The van der Waals surface area contributed by atoms with Gasteiger partial charge in [-0.15, -0.1) is 0 Å². The summed E-state index contributed by atoms with van der Waals surface area (Å²) >= 11 is 0. The van der Waals surface area contributed by atoms with Crippen molar-refractivity contribution in [1.82, 2.24) is 15.1 Å². The minimum absolute atomic E-state index is 0.290. The fourth-order valence-electron chi connectivity index (χ4n) is 5.85. The average molecular weight is 471 g/mol. The van der Waals surface area contributed by atoms with Gasteiger partial charge in [0.05, 0.1) is 33.4 Å². The molecule has 0 spiro atoms. The van der Waals surface area contributed by atoms with E-state index in [0.717, 1.165) is 43.9 Å². The highest BCUT2D eigenvalue weighted by molar-refractivity contribution is 5.68. The van der Waals surface area contributed by atoms with E-state index in [0.29, 0.717) is 44.0 Å². The number of hydrogen-bond acceptors (Lipinski definition) is 7. The van der Waals surface area contributed by atoms with Crippen molar-refractivity contribution in [2.75, 3.05) is 53.6 Å². The summed E-state index contributed by atoms with van der Waals surface area (Å²) in [6.07, 6.45) is 2.77. The standard InChI is InChI=1S/C26H38N4O4/c1-17(2)9-19-14-29-7-5-18-11-24(32-3)25(33-4)12-22(18)23(29)10-20(19)16-34-26(31)30-8-6-28-21(13-27)15-30/h11-12,17,19-21,23,28H,5-10,14-16H2,1-4H3/t19-,20+,21-,23-/m1/s1. The number of ether oxygens (including phenoxy) is 3. The lowest BCUT2D eigenvalue weighted by Crippen LogP contribution is -2.52. The summed E-state index contributed by atoms with van der Waals surface area (Å²) in [5.74, 6) is 2.91. The lowest BCUT2D eigenvalue weighted by molar-refractivity contribution is 0.00445. The normalized spacial score (nSPS) is 26.9. The van der Waals surface area contributed by atoms with Gasteiger partial charge in [0.2, 0.25) is 0 Å². The Bertz CT molecular complexity index is 915. The zero-order valence-electron chi connectivity index (χ0n) is 20.9. The Morgan fingerprint density at radius 3 is 2.65 bits per heavy atom. The van der Waals surface area contributed by atoms with Gasteiger partial charge >= 0.3 is 6.09 Å². The molecule has 2 saturated heterocycles. The van der Waals surface area contributed by atoms with Gasteiger partial charge in [0.1, 0.15) is 6.04 Å². The van der Waals surface area contributed by atoms with Crippen molar-refractivity contribution in [2.45, 2.75) is 45.2 Å². The molecule has 1 amide bonds. The van der Waals surface area contributed by atoms with E-state index in [1.165, 1.54) is 11.1 Å². The summed E-state index contributed by atoms with van der Waals surface area (Å²) in [5, 5.41) is 12.3. The maximum Gasteiger partial charge on any atom is 0.409 e. The number of nitrogens with one attached hydrogen (secondary N) is 1. The molecule has 1 N–H and O–H groups in total. The van der Waals surface area contributed by atoms with Gasteiger partial charge in [-0.2, -0.15) is 5.26 Å². The molecule has 3 aliphatic rings. The van der Waals surface area contributed by atoms with Crippen LogP contribution in [-0.4, -0.2) is 75.5 Å². The topological polar surface area (TPSA) is 87.1 Å². The summed E-state index contributed by atoms with van der Waals surface area (Å²) in [4.78, 5) is 17.1. The first-order valence-electron chi connectivity index (χ1n) is 12.5. The van der Waals surface area contributed by atoms with Gasteiger partial charge in [0, 0.05) is 32.2 Å². The maximum atomic E-state index is 12.8. The van der Waals surface area contributed by atoms with E-state index >= 15 is 0 Å². The van der Waals surface area contributed by atoms with E-state index in [4.69, 9.17) is 14.2 Å². The van der Waals surface area contributed by atoms with Gasteiger partial charge in [0.25, 0.3) is 0 Å². The van der Waals surface area contributed by atoms with E-state index in [2.05, 4.69) is 42.3 Å². The highest BCUT2D eigenvalue weighted by atomic mass is 16.6. The zero-order valence-corrected chi connectivity index (χ0v) is 20.9. The van der Waals surface area contributed by atoms with Gasteiger partial charge in [-0.1, -0.05) is 13.8 Å². The van der Waals surface area contributed by atoms with Crippen LogP contribution in [0.4, 0.5) is 4.79 Å². The summed E-state index contributed by atoms with van der Waals surface area (Å²) in [6.45, 7) is 8.56. The summed E-state index contributed by atoms with van der Waals surface area (Å²) in [6, 6.07) is 6.42. The molecule has 1 aromatic rings. The van der Waals surface area contributed by atoms with E-state index in [-0.39, 0.29) is 18.2 Å². The van der Waals surface area contributed by atoms with Crippen molar-refractivity contribution >= 4 is 6.09 Å². The quantitative estimate of drug-likeness (QED) is 0.683. The van der Waals surface area contributed by atoms with E-state index in [1.54, 1.807) is 19.1 Å². The molecule has 0 aliphatic carbocycles. The van der Waals surface area contributed by atoms with E-state index in [9.17, 15) is 10.1 Å². The van der Waals surface area contributed by atoms with Crippen LogP contribution in [0.2, 0.25) is 0 Å². The highest BCUT2D eigenvalue weighted by Gasteiger charge is 2.40. The molecular weight excluding hydrogens is 432 g/mol. The van der Waals surface area contributed by atoms with Crippen LogP contribution in [-0.2, 0) is 11.2 Å². The van der Waals surface area contributed by atoms with Crippen molar-refractivity contribution < 1.29 is 19.0 Å². The molecule has 0 unspecified atom stereocenters. The number of piperidine rings is 1. The van der Waals surface area contributed by atoms with Crippen LogP contribution in [0, 0.1) is 29.1 Å². The molecule has 4 rings (SSSR count). The molecule has 3 aliphatic heterocycles. The third-order valence-corrected chi connectivity index (χ3v) is 7.56. The summed E-state index contributed by atoms with van der Waals surface area (Å²) in [7, 11) is 3.36. The predicted octanol–water partition coefficient (Wildman–Crippen LogP) is 3.22. The molecule has 0 radical (unpaired) electrons. The van der Waals surface area contributed by atoms with Crippen LogP contribution < -0.4 is 14.8 Å². The Morgan fingerprint density at radius 1 is 1.18 bits per heavy atom. The van der Waals surface area contributed by atoms with Crippen molar-refractivity contribution in [1.29, 1.82) is 5.26 Å². The molecule has 8 nitrogen and oxygen atoms in total. The van der Waals surface area contributed by atoms with E-state index in [1.807, 2.05) is 0 Å². The van der Waals surface area contributed by atoms with Crippen molar-refractivity contribution in [3.8, 4) is 17.6 Å². The second-order valence-corrected chi connectivity index (χ2v) is 10.2. The monoisotopic (exact) mass is 470 g/mol. The lowest BCUT2D eigenvalue weighted by atomic mass is 9.74. The number of piperazine rings is 1. The molecule has 1 aromatic carbocycles. The number of hydrogen-bond donors (Lipinski definition) is 1. The largest absolute Gasteiger partial charge is 0.493 e. The number of amides is 1. The van der Waals surface area contributed by atoms with Gasteiger partial charge in [0.15, 0.2) is 11.5 Å². The first-order chi connectivity index (χ1) is 16.4. The van der Waals surface area contributed by atoms with E-state index < -0.39 is 0 Å². The Hall–Kier alpha value is -2.50.